The molecule has 0 spiro atoms. The van der Waals surface area contributed by atoms with Crippen molar-refractivity contribution in [2.75, 3.05) is 24.7 Å². The van der Waals surface area contributed by atoms with Gasteiger partial charge in [-0.15, -0.1) is 0 Å². The predicted octanol–water partition coefficient (Wildman–Crippen LogP) is -0.0768. The number of fused-ring (bicyclic) bond motifs is 1. The standard InChI is InChI=1S/C12H15NO6S2/c14-20(15)6-3-9(8-20)13-21(16,17)10-1-2-11-12(7-10)19-5-4-18-11/h1-2,7,9,13H,3-6,8H2. The lowest BCUT2D eigenvalue weighted by molar-refractivity contribution is 0.171. The van der Waals surface area contributed by atoms with Crippen LogP contribution in [0.15, 0.2) is 23.1 Å². The van der Waals surface area contributed by atoms with Crippen LogP contribution in [0, 0.1) is 0 Å². The first kappa shape index (κ1) is 14.6. The minimum Gasteiger partial charge on any atom is -0.486 e. The second-order valence-corrected chi connectivity index (χ2v) is 8.97. The third kappa shape index (κ3) is 3.14. The summed E-state index contributed by atoms with van der Waals surface area (Å²) in [5.41, 5.74) is 0. The number of hydrogen-bond donors (Lipinski definition) is 1. The number of ether oxygens (including phenoxy) is 2. The van der Waals surface area contributed by atoms with E-state index < -0.39 is 25.9 Å². The van der Waals surface area contributed by atoms with Crippen molar-refractivity contribution < 1.29 is 26.3 Å². The summed E-state index contributed by atoms with van der Waals surface area (Å²) >= 11 is 0. The van der Waals surface area contributed by atoms with E-state index in [1.54, 1.807) is 0 Å². The quantitative estimate of drug-likeness (QED) is 0.831. The van der Waals surface area contributed by atoms with Crippen LogP contribution < -0.4 is 14.2 Å². The Morgan fingerprint density at radius 2 is 1.86 bits per heavy atom. The van der Waals surface area contributed by atoms with Gasteiger partial charge in [0.15, 0.2) is 21.3 Å². The number of benzene rings is 1. The normalized spacial score (nSPS) is 23.9. The maximum atomic E-state index is 12.3. The molecule has 0 saturated carbocycles. The fourth-order valence-corrected chi connectivity index (χ4v) is 5.43. The highest BCUT2D eigenvalue weighted by Gasteiger charge is 2.31. The van der Waals surface area contributed by atoms with Crippen LogP contribution in [0.1, 0.15) is 6.42 Å². The summed E-state index contributed by atoms with van der Waals surface area (Å²) in [6.07, 6.45) is 0.298. The lowest BCUT2D eigenvalue weighted by atomic mass is 10.3. The Hall–Kier alpha value is -1.32. The molecule has 0 aromatic heterocycles. The maximum absolute atomic E-state index is 12.3. The number of sulfone groups is 1. The minimum atomic E-state index is -3.78. The van der Waals surface area contributed by atoms with Crippen LogP contribution in [0.4, 0.5) is 0 Å². The van der Waals surface area contributed by atoms with Crippen LogP contribution in [-0.2, 0) is 19.9 Å². The summed E-state index contributed by atoms with van der Waals surface area (Å²) in [7, 11) is -6.91. The third-order valence-corrected chi connectivity index (χ3v) is 6.66. The van der Waals surface area contributed by atoms with E-state index in [2.05, 4.69) is 4.72 Å². The fourth-order valence-electron chi connectivity index (χ4n) is 2.37. The summed E-state index contributed by atoms with van der Waals surface area (Å²) in [6, 6.07) is 3.77. The van der Waals surface area contributed by atoms with Crippen molar-refractivity contribution in [2.24, 2.45) is 0 Å². The second-order valence-electron chi connectivity index (χ2n) is 5.03. The van der Waals surface area contributed by atoms with Crippen LogP contribution in [-0.4, -0.2) is 47.6 Å². The van der Waals surface area contributed by atoms with Crippen molar-refractivity contribution >= 4 is 19.9 Å². The lowest BCUT2D eigenvalue weighted by Crippen LogP contribution is -2.35. The molecule has 1 atom stereocenters. The molecule has 1 unspecified atom stereocenters. The molecular weight excluding hydrogens is 318 g/mol. The highest BCUT2D eigenvalue weighted by Crippen LogP contribution is 2.32. The van der Waals surface area contributed by atoms with Crippen LogP contribution in [0.3, 0.4) is 0 Å². The van der Waals surface area contributed by atoms with Gasteiger partial charge in [-0.3, -0.25) is 0 Å². The van der Waals surface area contributed by atoms with Gasteiger partial charge in [-0.1, -0.05) is 0 Å². The zero-order valence-electron chi connectivity index (χ0n) is 11.1. The number of sulfonamides is 1. The Morgan fingerprint density at radius 3 is 2.52 bits per heavy atom. The van der Waals surface area contributed by atoms with E-state index in [9.17, 15) is 16.8 Å². The number of rotatable bonds is 3. The summed E-state index contributed by atoms with van der Waals surface area (Å²) in [6.45, 7) is 0.794. The zero-order chi connectivity index (χ0) is 15.1. The van der Waals surface area contributed by atoms with Gasteiger partial charge in [-0.25, -0.2) is 21.6 Å². The molecule has 1 saturated heterocycles. The van der Waals surface area contributed by atoms with E-state index in [-0.39, 0.29) is 16.4 Å². The molecule has 2 aliphatic heterocycles. The van der Waals surface area contributed by atoms with Gasteiger partial charge in [-0.05, 0) is 18.6 Å². The molecule has 0 radical (unpaired) electrons. The molecule has 21 heavy (non-hydrogen) atoms. The van der Waals surface area contributed by atoms with E-state index in [1.807, 2.05) is 0 Å². The summed E-state index contributed by atoms with van der Waals surface area (Å²) in [5, 5.41) is 0. The SMILES string of the molecule is O=S1(=O)CCC(NS(=O)(=O)c2ccc3c(c2)OCCO3)C1. The molecule has 0 bridgehead atoms. The molecule has 116 valence electrons. The van der Waals surface area contributed by atoms with Crippen molar-refractivity contribution in [3.05, 3.63) is 18.2 Å². The van der Waals surface area contributed by atoms with Crippen molar-refractivity contribution in [3.8, 4) is 11.5 Å². The second kappa shape index (κ2) is 5.15. The fraction of sp³-hybridized carbons (Fsp3) is 0.500. The third-order valence-electron chi connectivity index (χ3n) is 3.38. The van der Waals surface area contributed by atoms with Crippen LogP contribution in [0.2, 0.25) is 0 Å². The van der Waals surface area contributed by atoms with E-state index in [0.717, 1.165) is 0 Å². The molecule has 2 aliphatic rings. The summed E-state index contributed by atoms with van der Waals surface area (Å²) < 4.78 is 60.4. The molecule has 3 rings (SSSR count). The topological polar surface area (TPSA) is 98.8 Å². The van der Waals surface area contributed by atoms with Gasteiger partial charge in [0.25, 0.3) is 0 Å². The first-order chi connectivity index (χ1) is 9.86. The van der Waals surface area contributed by atoms with Gasteiger partial charge < -0.3 is 9.47 Å². The van der Waals surface area contributed by atoms with Crippen molar-refractivity contribution in [1.29, 1.82) is 0 Å². The summed E-state index contributed by atoms with van der Waals surface area (Å²) in [4.78, 5) is 0.0380. The zero-order valence-corrected chi connectivity index (χ0v) is 12.7. The minimum absolute atomic E-state index is 0.0152. The highest BCUT2D eigenvalue weighted by molar-refractivity contribution is 7.92. The van der Waals surface area contributed by atoms with Crippen LogP contribution in [0.5, 0.6) is 11.5 Å². The average Bonchev–Trinajstić information content (AvgIpc) is 2.76. The van der Waals surface area contributed by atoms with E-state index >= 15 is 0 Å². The Labute approximate surface area is 123 Å². The van der Waals surface area contributed by atoms with E-state index in [4.69, 9.17) is 9.47 Å². The monoisotopic (exact) mass is 333 g/mol. The first-order valence-corrected chi connectivity index (χ1v) is 9.79. The van der Waals surface area contributed by atoms with Gasteiger partial charge in [0, 0.05) is 12.1 Å². The smallest absolute Gasteiger partial charge is 0.240 e. The Morgan fingerprint density at radius 1 is 1.14 bits per heavy atom. The van der Waals surface area contributed by atoms with Gasteiger partial charge in [0.1, 0.15) is 13.2 Å². The first-order valence-electron chi connectivity index (χ1n) is 6.48. The summed E-state index contributed by atoms with van der Waals surface area (Å²) in [5.74, 6) is 0.741. The predicted molar refractivity (Wildman–Crippen MR) is 74.8 cm³/mol. The molecule has 0 aliphatic carbocycles. The van der Waals surface area contributed by atoms with Gasteiger partial charge in [-0.2, -0.15) is 0 Å². The van der Waals surface area contributed by atoms with Gasteiger partial charge >= 0.3 is 0 Å². The molecule has 1 aromatic carbocycles. The van der Waals surface area contributed by atoms with Crippen molar-refractivity contribution in [1.82, 2.24) is 4.72 Å². The number of nitrogens with one attached hydrogen (secondary N) is 1. The largest absolute Gasteiger partial charge is 0.486 e. The molecule has 1 aromatic rings. The molecule has 9 heteroatoms. The maximum Gasteiger partial charge on any atom is 0.240 e. The van der Waals surface area contributed by atoms with Gasteiger partial charge in [0.2, 0.25) is 10.0 Å². The molecule has 7 nitrogen and oxygen atoms in total. The average molecular weight is 333 g/mol. The Kier molecular flexibility index (Phi) is 3.58. The van der Waals surface area contributed by atoms with Crippen molar-refractivity contribution in [3.63, 3.8) is 0 Å². The molecule has 0 amide bonds. The highest BCUT2D eigenvalue weighted by atomic mass is 32.2. The van der Waals surface area contributed by atoms with Gasteiger partial charge in [0.05, 0.1) is 16.4 Å². The lowest BCUT2D eigenvalue weighted by Gasteiger charge is -2.19. The number of hydrogen-bond acceptors (Lipinski definition) is 6. The Balaban J connectivity index is 1.82. The molecule has 1 fully saturated rings. The molecule has 1 N–H and O–H groups in total. The molecular formula is C12H15NO6S2. The van der Waals surface area contributed by atoms with Crippen LogP contribution >= 0.6 is 0 Å². The van der Waals surface area contributed by atoms with Crippen molar-refractivity contribution in [2.45, 2.75) is 17.4 Å². The van der Waals surface area contributed by atoms with E-state index in [0.29, 0.717) is 31.1 Å². The van der Waals surface area contributed by atoms with Crippen LogP contribution in [0.25, 0.3) is 0 Å². The molecule has 2 heterocycles. The Bertz CT molecular complexity index is 756. The van der Waals surface area contributed by atoms with E-state index in [1.165, 1.54) is 18.2 Å².